The van der Waals surface area contributed by atoms with Crippen molar-refractivity contribution >= 4 is 27.3 Å². The number of nitrogens with one attached hydrogen (secondary N) is 1. The number of thiophene rings is 1. The van der Waals surface area contributed by atoms with Gasteiger partial charge in [0.25, 0.3) is 10.0 Å². The van der Waals surface area contributed by atoms with E-state index in [1.54, 1.807) is 20.2 Å². The first-order valence-corrected chi connectivity index (χ1v) is 11.3. The highest BCUT2D eigenvalue weighted by Crippen LogP contribution is 2.24. The number of hydrogen-bond acceptors (Lipinski definition) is 5. The first kappa shape index (κ1) is 21.1. The highest BCUT2D eigenvalue weighted by atomic mass is 32.2. The lowest BCUT2D eigenvalue weighted by Gasteiger charge is -2.34. The first-order valence-electron chi connectivity index (χ1n) is 9.04. The molecule has 148 valence electrons. The van der Waals surface area contributed by atoms with E-state index < -0.39 is 10.0 Å². The number of nitrogens with zero attached hydrogens (tertiary/aromatic N) is 3. The summed E-state index contributed by atoms with van der Waals surface area (Å²) in [6.45, 7) is 7.95. The molecule has 9 heteroatoms. The quantitative estimate of drug-likeness (QED) is 0.557. The summed E-state index contributed by atoms with van der Waals surface area (Å²) in [5, 5.41) is 3.34. The number of piperidine rings is 1. The molecule has 1 fully saturated rings. The van der Waals surface area contributed by atoms with Gasteiger partial charge < -0.3 is 15.0 Å². The van der Waals surface area contributed by atoms with Gasteiger partial charge in [0.05, 0.1) is 12.6 Å². The summed E-state index contributed by atoms with van der Waals surface area (Å²) in [6, 6.07) is 3.50. The van der Waals surface area contributed by atoms with Gasteiger partial charge in [-0.25, -0.2) is 17.7 Å². The van der Waals surface area contributed by atoms with E-state index in [0.29, 0.717) is 16.9 Å². The van der Waals surface area contributed by atoms with E-state index in [-0.39, 0.29) is 0 Å². The highest BCUT2D eigenvalue weighted by Gasteiger charge is 2.22. The Morgan fingerprint density at radius 1 is 1.35 bits per heavy atom. The Bertz CT molecular complexity index is 693. The zero-order valence-electron chi connectivity index (χ0n) is 16.1. The number of aliphatic imine (C=N–C) groups is 1. The van der Waals surface area contributed by atoms with Crippen LogP contribution in [0, 0.1) is 0 Å². The largest absolute Gasteiger partial charge is 0.378 e. The SMILES string of the molecule is CCNC(=NCc1ccc(S(=O)(=O)N(C)C)s1)N1CCC(OCC)CC1. The van der Waals surface area contributed by atoms with Crippen LogP contribution in [0.2, 0.25) is 0 Å². The lowest BCUT2D eigenvalue weighted by Crippen LogP contribution is -2.47. The normalized spacial score (nSPS) is 17.1. The van der Waals surface area contributed by atoms with Gasteiger partial charge in [-0.05, 0) is 38.8 Å². The van der Waals surface area contributed by atoms with Crippen LogP contribution in [0.4, 0.5) is 0 Å². The average Bonchev–Trinajstić information content (AvgIpc) is 3.09. The number of sulfonamides is 1. The van der Waals surface area contributed by atoms with Crippen LogP contribution < -0.4 is 5.32 Å². The van der Waals surface area contributed by atoms with Gasteiger partial charge in [-0.2, -0.15) is 0 Å². The van der Waals surface area contributed by atoms with E-state index in [0.717, 1.165) is 49.9 Å². The minimum absolute atomic E-state index is 0.343. The molecule has 0 spiro atoms. The summed E-state index contributed by atoms with van der Waals surface area (Å²) in [7, 11) is -0.286. The second-order valence-electron chi connectivity index (χ2n) is 6.32. The molecule has 0 unspecified atom stereocenters. The van der Waals surface area contributed by atoms with Crippen molar-refractivity contribution in [2.45, 2.75) is 43.5 Å². The minimum Gasteiger partial charge on any atom is -0.378 e. The van der Waals surface area contributed by atoms with Crippen LogP contribution in [0.3, 0.4) is 0 Å². The molecule has 1 saturated heterocycles. The van der Waals surface area contributed by atoms with E-state index in [1.807, 2.05) is 13.0 Å². The van der Waals surface area contributed by atoms with E-state index in [2.05, 4.69) is 17.1 Å². The van der Waals surface area contributed by atoms with Crippen molar-refractivity contribution in [1.29, 1.82) is 0 Å². The summed E-state index contributed by atoms with van der Waals surface area (Å²) in [5.74, 6) is 0.882. The molecular formula is C17H30N4O3S2. The third-order valence-electron chi connectivity index (χ3n) is 4.24. The second kappa shape index (κ2) is 9.68. The van der Waals surface area contributed by atoms with Crippen molar-refractivity contribution in [2.24, 2.45) is 4.99 Å². The number of ether oxygens (including phenoxy) is 1. The summed E-state index contributed by atoms with van der Waals surface area (Å²) in [4.78, 5) is 7.90. The molecule has 2 rings (SSSR count). The molecular weight excluding hydrogens is 372 g/mol. The second-order valence-corrected chi connectivity index (χ2v) is 9.87. The molecule has 7 nitrogen and oxygen atoms in total. The number of likely N-dealkylation sites (tertiary alicyclic amines) is 1. The molecule has 0 amide bonds. The van der Waals surface area contributed by atoms with Crippen molar-refractivity contribution < 1.29 is 13.2 Å². The van der Waals surface area contributed by atoms with Crippen LogP contribution in [0.5, 0.6) is 0 Å². The Morgan fingerprint density at radius 3 is 2.62 bits per heavy atom. The molecule has 1 aromatic rings. The molecule has 26 heavy (non-hydrogen) atoms. The van der Waals surface area contributed by atoms with Crippen LogP contribution in [-0.2, 0) is 21.3 Å². The third kappa shape index (κ3) is 5.42. The number of guanidine groups is 1. The molecule has 0 aliphatic carbocycles. The molecule has 2 heterocycles. The summed E-state index contributed by atoms with van der Waals surface area (Å²) < 4.78 is 31.7. The summed E-state index contributed by atoms with van der Waals surface area (Å²) in [6.07, 6.45) is 2.35. The minimum atomic E-state index is -3.37. The zero-order chi connectivity index (χ0) is 19.2. The average molecular weight is 403 g/mol. The molecule has 1 aliphatic heterocycles. The maximum Gasteiger partial charge on any atom is 0.252 e. The lowest BCUT2D eigenvalue weighted by molar-refractivity contribution is 0.0263. The molecule has 0 radical (unpaired) electrons. The summed E-state index contributed by atoms with van der Waals surface area (Å²) >= 11 is 1.28. The highest BCUT2D eigenvalue weighted by molar-refractivity contribution is 7.91. The Morgan fingerprint density at radius 2 is 2.04 bits per heavy atom. The molecule has 0 saturated carbocycles. The van der Waals surface area contributed by atoms with Crippen molar-refractivity contribution in [2.75, 3.05) is 40.3 Å². The fraction of sp³-hybridized carbons (Fsp3) is 0.706. The van der Waals surface area contributed by atoms with Crippen LogP contribution in [0.1, 0.15) is 31.6 Å². The Labute approximate surface area is 161 Å². The Kier molecular flexibility index (Phi) is 7.87. The van der Waals surface area contributed by atoms with Gasteiger partial charge in [0.1, 0.15) is 4.21 Å². The van der Waals surface area contributed by atoms with Crippen LogP contribution in [0.25, 0.3) is 0 Å². The maximum atomic E-state index is 12.2. The van der Waals surface area contributed by atoms with Gasteiger partial charge in [0.2, 0.25) is 0 Å². The Hall–Kier alpha value is -1.16. The third-order valence-corrected chi connectivity index (χ3v) is 7.59. The van der Waals surface area contributed by atoms with Crippen molar-refractivity contribution in [1.82, 2.24) is 14.5 Å². The Balaban J connectivity index is 2.03. The topological polar surface area (TPSA) is 74.2 Å². The van der Waals surface area contributed by atoms with Crippen LogP contribution in [0.15, 0.2) is 21.3 Å². The monoisotopic (exact) mass is 402 g/mol. The maximum absolute atomic E-state index is 12.2. The first-order chi connectivity index (χ1) is 12.4. The molecule has 1 N–H and O–H groups in total. The van der Waals surface area contributed by atoms with Gasteiger partial charge in [0, 0.05) is 45.2 Å². The van der Waals surface area contributed by atoms with Gasteiger partial charge in [-0.3, -0.25) is 0 Å². The predicted octanol–water partition coefficient (Wildman–Crippen LogP) is 1.96. The van der Waals surface area contributed by atoms with Crippen molar-refractivity contribution in [3.05, 3.63) is 17.0 Å². The molecule has 1 aromatic heterocycles. The van der Waals surface area contributed by atoms with Crippen LogP contribution in [-0.4, -0.2) is 70.0 Å². The van der Waals surface area contributed by atoms with E-state index in [4.69, 9.17) is 9.73 Å². The lowest BCUT2D eigenvalue weighted by atomic mass is 10.1. The fourth-order valence-electron chi connectivity index (χ4n) is 2.81. The molecule has 0 bridgehead atoms. The van der Waals surface area contributed by atoms with Gasteiger partial charge >= 0.3 is 0 Å². The smallest absolute Gasteiger partial charge is 0.252 e. The van der Waals surface area contributed by atoms with Gasteiger partial charge in [-0.1, -0.05) is 0 Å². The predicted molar refractivity (Wildman–Crippen MR) is 106 cm³/mol. The standard InChI is InChI=1S/C17H30N4O3S2/c1-5-18-17(21-11-9-14(10-12-21)24-6-2)19-13-15-7-8-16(25-15)26(22,23)20(3)4/h7-8,14H,5-6,9-13H2,1-4H3,(H,18,19). The molecule has 1 aliphatic rings. The van der Waals surface area contributed by atoms with Crippen LogP contribution >= 0.6 is 11.3 Å². The fourth-order valence-corrected chi connectivity index (χ4v) is 5.26. The zero-order valence-corrected chi connectivity index (χ0v) is 17.7. The number of rotatable bonds is 7. The molecule has 0 atom stereocenters. The molecule has 0 aromatic carbocycles. The summed E-state index contributed by atoms with van der Waals surface area (Å²) in [5.41, 5.74) is 0. The van der Waals surface area contributed by atoms with Crippen molar-refractivity contribution in [3.63, 3.8) is 0 Å². The van der Waals surface area contributed by atoms with E-state index in [1.165, 1.54) is 15.6 Å². The number of hydrogen-bond donors (Lipinski definition) is 1. The van der Waals surface area contributed by atoms with Gasteiger partial charge in [0.15, 0.2) is 5.96 Å². The van der Waals surface area contributed by atoms with E-state index >= 15 is 0 Å². The van der Waals surface area contributed by atoms with Gasteiger partial charge in [-0.15, -0.1) is 11.3 Å². The van der Waals surface area contributed by atoms with E-state index in [9.17, 15) is 8.42 Å². The van der Waals surface area contributed by atoms with Crippen molar-refractivity contribution in [3.8, 4) is 0 Å².